The van der Waals surface area contributed by atoms with E-state index in [2.05, 4.69) is 4.72 Å². The second kappa shape index (κ2) is 8.31. The highest BCUT2D eigenvalue weighted by Gasteiger charge is 2.26. The van der Waals surface area contributed by atoms with Gasteiger partial charge in [0.2, 0.25) is 10.0 Å². The second-order valence-electron chi connectivity index (χ2n) is 6.74. The second-order valence-corrected chi connectivity index (χ2v) is 10.3. The van der Waals surface area contributed by atoms with E-state index in [0.29, 0.717) is 43.2 Å². The van der Waals surface area contributed by atoms with Crippen LogP contribution < -0.4 is 9.46 Å². The maximum atomic E-state index is 12.9. The predicted molar refractivity (Wildman–Crippen MR) is 109 cm³/mol. The average Bonchev–Trinajstić information content (AvgIpc) is 2.68. The topological polar surface area (TPSA) is 102 Å². The van der Waals surface area contributed by atoms with E-state index in [0.717, 1.165) is 0 Å². The van der Waals surface area contributed by atoms with Crippen LogP contribution in [0.4, 0.5) is 5.69 Å². The highest BCUT2D eigenvalue weighted by molar-refractivity contribution is 7.92. The molecule has 0 aliphatic carbocycles. The minimum Gasteiger partial charge on any atom is -0.497 e. The van der Waals surface area contributed by atoms with Crippen molar-refractivity contribution in [2.75, 3.05) is 38.1 Å². The third-order valence-corrected chi connectivity index (χ3v) is 8.25. The molecule has 1 aliphatic heterocycles. The van der Waals surface area contributed by atoms with Crippen molar-refractivity contribution in [1.82, 2.24) is 4.31 Å². The zero-order valence-corrected chi connectivity index (χ0v) is 18.1. The molecule has 2 aromatic carbocycles. The number of hydrogen-bond donors (Lipinski definition) is 1. The van der Waals surface area contributed by atoms with Gasteiger partial charge in [-0.2, -0.15) is 4.31 Å². The van der Waals surface area contributed by atoms with Crippen LogP contribution in [0.5, 0.6) is 5.75 Å². The van der Waals surface area contributed by atoms with Crippen molar-refractivity contribution >= 4 is 25.7 Å². The Labute approximate surface area is 171 Å². The van der Waals surface area contributed by atoms with Crippen LogP contribution in [0.3, 0.4) is 0 Å². The maximum absolute atomic E-state index is 12.9. The summed E-state index contributed by atoms with van der Waals surface area (Å²) < 4.78 is 65.3. The largest absolute Gasteiger partial charge is 0.497 e. The monoisotopic (exact) mass is 440 g/mol. The number of nitrogens with one attached hydrogen (secondary N) is 1. The van der Waals surface area contributed by atoms with Crippen molar-refractivity contribution in [3.63, 3.8) is 0 Å². The van der Waals surface area contributed by atoms with E-state index < -0.39 is 20.0 Å². The smallest absolute Gasteiger partial charge is 0.262 e. The summed E-state index contributed by atoms with van der Waals surface area (Å²) in [5.74, 6) is 0.580. The van der Waals surface area contributed by atoms with Gasteiger partial charge in [-0.05, 0) is 61.4 Å². The van der Waals surface area contributed by atoms with Crippen LogP contribution in [-0.2, 0) is 24.8 Å². The maximum Gasteiger partial charge on any atom is 0.262 e. The molecule has 1 N–H and O–H groups in total. The van der Waals surface area contributed by atoms with Crippen LogP contribution >= 0.6 is 0 Å². The van der Waals surface area contributed by atoms with E-state index >= 15 is 0 Å². The predicted octanol–water partition coefficient (Wildman–Crippen LogP) is 2.13. The first-order valence-corrected chi connectivity index (χ1v) is 11.9. The van der Waals surface area contributed by atoms with Gasteiger partial charge in [-0.25, -0.2) is 16.8 Å². The molecule has 1 aliphatic rings. The molecule has 0 saturated carbocycles. The van der Waals surface area contributed by atoms with Gasteiger partial charge in [-0.3, -0.25) is 4.72 Å². The lowest BCUT2D eigenvalue weighted by Crippen LogP contribution is -2.40. The summed E-state index contributed by atoms with van der Waals surface area (Å²) in [6.07, 6.45) is 0. The Bertz CT molecular complexity index is 1070. The van der Waals surface area contributed by atoms with Crippen LogP contribution in [0.15, 0.2) is 46.2 Å². The number of ether oxygens (including phenoxy) is 2. The fraction of sp³-hybridized carbons (Fsp3) is 0.368. The summed E-state index contributed by atoms with van der Waals surface area (Å²) in [5.41, 5.74) is 1.39. The molecule has 0 amide bonds. The number of benzene rings is 2. The van der Waals surface area contributed by atoms with E-state index in [1.165, 1.54) is 35.7 Å². The summed E-state index contributed by atoms with van der Waals surface area (Å²) in [6.45, 7) is 4.71. The highest BCUT2D eigenvalue weighted by Crippen LogP contribution is 2.28. The normalized spacial score (nSPS) is 15.8. The number of anilines is 1. The number of rotatable bonds is 6. The molecule has 10 heteroatoms. The van der Waals surface area contributed by atoms with Crippen LogP contribution in [0.2, 0.25) is 0 Å². The van der Waals surface area contributed by atoms with E-state index in [4.69, 9.17) is 9.47 Å². The molecule has 0 radical (unpaired) electrons. The van der Waals surface area contributed by atoms with Gasteiger partial charge in [0.1, 0.15) is 5.75 Å². The summed E-state index contributed by atoms with van der Waals surface area (Å²) in [6, 6.07) is 8.99. The first kappa shape index (κ1) is 21.6. The van der Waals surface area contributed by atoms with Gasteiger partial charge in [0.05, 0.1) is 30.1 Å². The van der Waals surface area contributed by atoms with Crippen molar-refractivity contribution in [2.45, 2.75) is 23.6 Å². The zero-order chi connectivity index (χ0) is 21.2. The Balaban J connectivity index is 1.84. The molecule has 0 aromatic heterocycles. The number of sulfonamides is 2. The first-order chi connectivity index (χ1) is 13.6. The number of methoxy groups -OCH3 is 1. The molecule has 2 aromatic rings. The lowest BCUT2D eigenvalue weighted by molar-refractivity contribution is 0.0730. The molecule has 0 bridgehead atoms. The summed E-state index contributed by atoms with van der Waals surface area (Å²) in [5, 5.41) is 0. The molecule has 1 saturated heterocycles. The zero-order valence-electron chi connectivity index (χ0n) is 16.5. The Hall–Kier alpha value is -2.14. The van der Waals surface area contributed by atoms with Gasteiger partial charge >= 0.3 is 0 Å². The van der Waals surface area contributed by atoms with Gasteiger partial charge in [0, 0.05) is 18.8 Å². The third-order valence-electron chi connectivity index (χ3n) is 4.65. The molecule has 158 valence electrons. The molecule has 1 fully saturated rings. The Morgan fingerprint density at radius 2 is 1.52 bits per heavy atom. The van der Waals surface area contributed by atoms with Crippen LogP contribution in [0, 0.1) is 13.8 Å². The van der Waals surface area contributed by atoms with Crippen LogP contribution in [0.25, 0.3) is 0 Å². The number of morpholine rings is 1. The molecule has 0 spiro atoms. The van der Waals surface area contributed by atoms with E-state index in [1.807, 2.05) is 0 Å². The molecule has 1 heterocycles. The molecule has 8 nitrogen and oxygen atoms in total. The van der Waals surface area contributed by atoms with Gasteiger partial charge < -0.3 is 9.47 Å². The highest BCUT2D eigenvalue weighted by atomic mass is 32.2. The SMILES string of the molecule is COc1cc(C)c(S(=O)(=O)Nc2ccc(S(=O)(=O)N3CCOCC3)cc2)c(C)c1. The standard InChI is InChI=1S/C19H24N2O6S2/c1-14-12-17(26-3)13-15(2)19(14)28(22,23)20-16-4-6-18(7-5-16)29(24,25)21-8-10-27-11-9-21/h4-7,12-13,20H,8-11H2,1-3H3. The van der Waals surface area contributed by atoms with E-state index in [9.17, 15) is 16.8 Å². The van der Waals surface area contributed by atoms with Gasteiger partial charge in [0.15, 0.2) is 0 Å². The van der Waals surface area contributed by atoms with Crippen molar-refractivity contribution in [1.29, 1.82) is 0 Å². The first-order valence-electron chi connectivity index (χ1n) is 9.01. The van der Waals surface area contributed by atoms with Gasteiger partial charge in [-0.15, -0.1) is 0 Å². The molecule has 0 unspecified atom stereocenters. The lowest BCUT2D eigenvalue weighted by Gasteiger charge is -2.26. The summed E-state index contributed by atoms with van der Waals surface area (Å²) in [4.78, 5) is 0.280. The Morgan fingerprint density at radius 3 is 2.03 bits per heavy atom. The van der Waals surface area contributed by atoms with E-state index in [-0.39, 0.29) is 15.5 Å². The van der Waals surface area contributed by atoms with Crippen molar-refractivity contribution in [3.8, 4) is 5.75 Å². The van der Waals surface area contributed by atoms with Gasteiger partial charge in [0.25, 0.3) is 10.0 Å². The third kappa shape index (κ3) is 4.55. The summed E-state index contributed by atoms with van der Waals surface area (Å²) in [7, 11) is -5.96. The molecule has 29 heavy (non-hydrogen) atoms. The molecule has 3 rings (SSSR count). The van der Waals surface area contributed by atoms with Crippen molar-refractivity contribution in [3.05, 3.63) is 47.5 Å². The molecule has 0 atom stereocenters. The Morgan fingerprint density at radius 1 is 0.966 bits per heavy atom. The minimum absolute atomic E-state index is 0.110. The number of aryl methyl sites for hydroxylation is 2. The fourth-order valence-corrected chi connectivity index (χ4v) is 6.21. The number of nitrogens with zero attached hydrogens (tertiary/aromatic N) is 1. The quantitative estimate of drug-likeness (QED) is 0.738. The lowest BCUT2D eigenvalue weighted by atomic mass is 10.1. The molecular formula is C19H24N2O6S2. The summed E-state index contributed by atoms with van der Waals surface area (Å²) >= 11 is 0. The molecular weight excluding hydrogens is 416 g/mol. The fourth-order valence-electron chi connectivity index (χ4n) is 3.29. The van der Waals surface area contributed by atoms with Gasteiger partial charge in [-0.1, -0.05) is 0 Å². The van der Waals surface area contributed by atoms with Crippen LogP contribution in [0.1, 0.15) is 11.1 Å². The van der Waals surface area contributed by atoms with Crippen LogP contribution in [-0.4, -0.2) is 54.6 Å². The average molecular weight is 441 g/mol. The minimum atomic E-state index is -3.85. The number of hydrogen-bond acceptors (Lipinski definition) is 6. The van der Waals surface area contributed by atoms with Crippen molar-refractivity contribution < 1.29 is 26.3 Å². The van der Waals surface area contributed by atoms with E-state index in [1.54, 1.807) is 26.0 Å². The van der Waals surface area contributed by atoms with Crippen molar-refractivity contribution in [2.24, 2.45) is 0 Å². The Kier molecular flexibility index (Phi) is 6.18.